The number of nitrogen functional groups attached to an aromatic ring is 1. The Bertz CT molecular complexity index is 785. The van der Waals surface area contributed by atoms with E-state index in [4.69, 9.17) is 26.8 Å². The lowest BCUT2D eigenvalue weighted by atomic mass is 10.1. The van der Waals surface area contributed by atoms with Gasteiger partial charge in [0, 0.05) is 43.3 Å². The molecule has 0 aromatic carbocycles. The summed E-state index contributed by atoms with van der Waals surface area (Å²) >= 11 is 6.32. The van der Waals surface area contributed by atoms with Crippen molar-refractivity contribution in [1.82, 2.24) is 15.0 Å². The first-order valence-electron chi connectivity index (χ1n) is 7.83. The number of nitrogens with two attached hydrogens (primary N) is 1. The van der Waals surface area contributed by atoms with Crippen molar-refractivity contribution in [3.05, 3.63) is 34.2 Å². The van der Waals surface area contributed by atoms with Gasteiger partial charge in [-0.15, -0.1) is 0 Å². The van der Waals surface area contributed by atoms with Gasteiger partial charge in [-0.3, -0.25) is 4.98 Å². The molecule has 4 rings (SSSR count). The highest BCUT2D eigenvalue weighted by Gasteiger charge is 2.34. The van der Waals surface area contributed by atoms with Crippen LogP contribution in [0.5, 0.6) is 5.75 Å². The number of methoxy groups -OCH3 is 1. The van der Waals surface area contributed by atoms with E-state index in [2.05, 4.69) is 19.9 Å². The molecule has 0 spiro atoms. The number of ether oxygens (including phenoxy) is 2. The van der Waals surface area contributed by atoms with Crippen LogP contribution in [0.25, 0.3) is 0 Å². The molecule has 126 valence electrons. The minimum Gasteiger partial charge on any atom is -0.493 e. The molecule has 0 bridgehead atoms. The molecule has 0 radical (unpaired) electrons. The second-order valence-corrected chi connectivity index (χ2v) is 6.33. The van der Waals surface area contributed by atoms with Gasteiger partial charge >= 0.3 is 0 Å². The molecule has 0 fully saturated rings. The Morgan fingerprint density at radius 1 is 1.46 bits per heavy atom. The molecule has 2 aliphatic rings. The minimum absolute atomic E-state index is 0.117. The van der Waals surface area contributed by atoms with Crippen LogP contribution in [-0.4, -0.2) is 41.8 Å². The van der Waals surface area contributed by atoms with Crippen LogP contribution in [-0.2, 0) is 17.7 Å². The van der Waals surface area contributed by atoms with Crippen molar-refractivity contribution in [3.63, 3.8) is 0 Å². The van der Waals surface area contributed by atoms with Crippen LogP contribution in [0.3, 0.4) is 0 Å². The first-order chi connectivity index (χ1) is 11.7. The molecule has 0 aliphatic carbocycles. The molecule has 0 saturated carbocycles. The van der Waals surface area contributed by atoms with Crippen molar-refractivity contribution in [2.45, 2.75) is 18.9 Å². The third-order valence-corrected chi connectivity index (χ3v) is 4.75. The van der Waals surface area contributed by atoms with Crippen LogP contribution in [0.4, 0.5) is 11.8 Å². The average molecular weight is 348 g/mol. The number of fused-ring (bicyclic) bond motifs is 2. The van der Waals surface area contributed by atoms with Gasteiger partial charge in [0.25, 0.3) is 0 Å². The van der Waals surface area contributed by atoms with Gasteiger partial charge in [-0.2, -0.15) is 4.98 Å². The lowest BCUT2D eigenvalue weighted by Gasteiger charge is -2.19. The number of anilines is 2. The van der Waals surface area contributed by atoms with Crippen LogP contribution in [0, 0.1) is 0 Å². The van der Waals surface area contributed by atoms with Crippen molar-refractivity contribution in [3.8, 4) is 5.75 Å². The summed E-state index contributed by atoms with van der Waals surface area (Å²) in [5.41, 5.74) is 8.87. The fourth-order valence-corrected chi connectivity index (χ4v) is 3.78. The second-order valence-electron chi connectivity index (χ2n) is 5.98. The molecule has 2 aromatic heterocycles. The molecule has 8 heteroatoms. The van der Waals surface area contributed by atoms with E-state index in [-0.39, 0.29) is 11.9 Å². The van der Waals surface area contributed by atoms with Crippen molar-refractivity contribution in [1.29, 1.82) is 0 Å². The zero-order chi connectivity index (χ0) is 16.7. The fourth-order valence-electron chi connectivity index (χ4n) is 3.46. The maximum absolute atomic E-state index is 6.32. The third-order valence-electron chi connectivity index (χ3n) is 4.47. The largest absolute Gasteiger partial charge is 0.493 e. The Hall–Kier alpha value is -2.12. The Kier molecular flexibility index (Phi) is 3.90. The van der Waals surface area contributed by atoms with E-state index < -0.39 is 0 Å². The average Bonchev–Trinajstić information content (AvgIpc) is 3.14. The summed E-state index contributed by atoms with van der Waals surface area (Å²) in [4.78, 5) is 15.2. The van der Waals surface area contributed by atoms with E-state index in [0.717, 1.165) is 35.8 Å². The van der Waals surface area contributed by atoms with Crippen LogP contribution in [0.1, 0.15) is 22.7 Å². The zero-order valence-corrected chi connectivity index (χ0v) is 14.1. The Labute approximate surface area is 144 Å². The fraction of sp³-hybridized carbons (Fsp3) is 0.438. The summed E-state index contributed by atoms with van der Waals surface area (Å²) in [6.45, 7) is 2.64. The molecule has 2 N–H and O–H groups in total. The summed E-state index contributed by atoms with van der Waals surface area (Å²) < 4.78 is 11.0. The summed E-state index contributed by atoms with van der Waals surface area (Å²) in [5.74, 6) is 1.99. The van der Waals surface area contributed by atoms with E-state index in [1.165, 1.54) is 5.56 Å². The lowest BCUT2D eigenvalue weighted by molar-refractivity contribution is 0.183. The highest BCUT2D eigenvalue weighted by molar-refractivity contribution is 6.30. The van der Waals surface area contributed by atoms with Gasteiger partial charge in [0.15, 0.2) is 0 Å². The van der Waals surface area contributed by atoms with Crippen LogP contribution in [0.15, 0.2) is 12.3 Å². The standard InChI is InChI=1S/C16H18ClN5O2/c1-23-8-9-6-22(15-13(9)14(17)20-16(18)21-15)7-11-10-3-5-24-12(10)2-4-19-11/h2,4,9H,3,5-8H2,1H3,(H2,18,20,21). The molecule has 0 saturated heterocycles. The van der Waals surface area contributed by atoms with Crippen LogP contribution in [0.2, 0.25) is 5.15 Å². The number of halogens is 1. The molecule has 1 atom stereocenters. The van der Waals surface area contributed by atoms with Crippen molar-refractivity contribution < 1.29 is 9.47 Å². The summed E-state index contributed by atoms with van der Waals surface area (Å²) in [6.07, 6.45) is 2.66. The summed E-state index contributed by atoms with van der Waals surface area (Å²) in [6, 6.07) is 1.91. The lowest BCUT2D eigenvalue weighted by Crippen LogP contribution is -2.24. The Balaban J connectivity index is 1.70. The van der Waals surface area contributed by atoms with Crippen molar-refractivity contribution in [2.24, 2.45) is 0 Å². The molecular weight excluding hydrogens is 330 g/mol. The van der Waals surface area contributed by atoms with E-state index >= 15 is 0 Å². The van der Waals surface area contributed by atoms with Gasteiger partial charge in [-0.25, -0.2) is 4.98 Å². The molecule has 1 unspecified atom stereocenters. The molecule has 0 amide bonds. The number of hydrogen-bond acceptors (Lipinski definition) is 7. The van der Waals surface area contributed by atoms with Crippen LogP contribution < -0.4 is 15.4 Å². The van der Waals surface area contributed by atoms with E-state index in [9.17, 15) is 0 Å². The predicted molar refractivity (Wildman–Crippen MR) is 90.6 cm³/mol. The second kappa shape index (κ2) is 6.07. The molecule has 7 nitrogen and oxygen atoms in total. The number of rotatable bonds is 4. The van der Waals surface area contributed by atoms with Gasteiger partial charge in [0.2, 0.25) is 5.95 Å². The van der Waals surface area contributed by atoms with Crippen molar-refractivity contribution >= 4 is 23.4 Å². The van der Waals surface area contributed by atoms with Gasteiger partial charge in [-0.05, 0) is 6.07 Å². The number of aromatic nitrogens is 3. The van der Waals surface area contributed by atoms with Gasteiger partial charge in [-0.1, -0.05) is 11.6 Å². The Morgan fingerprint density at radius 3 is 3.17 bits per heavy atom. The molecule has 2 aromatic rings. The molecule has 4 heterocycles. The SMILES string of the molecule is COCC1CN(Cc2nccc3c2CCO3)c2nc(N)nc(Cl)c21. The summed E-state index contributed by atoms with van der Waals surface area (Å²) in [5, 5.41) is 0.400. The summed E-state index contributed by atoms with van der Waals surface area (Å²) in [7, 11) is 1.68. The number of pyridine rings is 1. The monoisotopic (exact) mass is 347 g/mol. The first kappa shape index (κ1) is 15.4. The van der Waals surface area contributed by atoms with Gasteiger partial charge in [0.1, 0.15) is 16.7 Å². The zero-order valence-electron chi connectivity index (χ0n) is 13.3. The van der Waals surface area contributed by atoms with Crippen molar-refractivity contribution in [2.75, 3.05) is 37.5 Å². The number of hydrogen-bond donors (Lipinski definition) is 1. The smallest absolute Gasteiger partial charge is 0.223 e. The minimum atomic E-state index is 0.117. The predicted octanol–water partition coefficient (Wildman–Crippen LogP) is 1.79. The molecule has 24 heavy (non-hydrogen) atoms. The van der Waals surface area contributed by atoms with E-state index in [1.54, 1.807) is 13.3 Å². The maximum atomic E-state index is 6.32. The maximum Gasteiger partial charge on any atom is 0.223 e. The topological polar surface area (TPSA) is 86.4 Å². The molecule has 2 aliphatic heterocycles. The third kappa shape index (κ3) is 2.53. The highest BCUT2D eigenvalue weighted by Crippen LogP contribution is 2.40. The van der Waals surface area contributed by atoms with Crippen LogP contribution >= 0.6 is 11.6 Å². The van der Waals surface area contributed by atoms with Gasteiger partial charge in [0.05, 0.1) is 25.5 Å². The number of nitrogens with zero attached hydrogens (tertiary/aromatic N) is 4. The quantitative estimate of drug-likeness (QED) is 0.844. The van der Waals surface area contributed by atoms with Gasteiger partial charge < -0.3 is 20.1 Å². The normalized spacial score (nSPS) is 18.4. The first-order valence-corrected chi connectivity index (χ1v) is 8.21. The highest BCUT2D eigenvalue weighted by atomic mass is 35.5. The Morgan fingerprint density at radius 2 is 2.33 bits per heavy atom. The van der Waals surface area contributed by atoms with E-state index in [1.807, 2.05) is 6.07 Å². The van der Waals surface area contributed by atoms with E-state index in [0.29, 0.717) is 24.9 Å². The molecular formula is C16H18ClN5O2.